The highest BCUT2D eigenvalue weighted by atomic mass is 16.5. The van der Waals surface area contributed by atoms with E-state index in [1.54, 1.807) is 4.90 Å². The lowest BCUT2D eigenvalue weighted by molar-refractivity contribution is -0.144. The molecule has 1 fully saturated rings. The van der Waals surface area contributed by atoms with Crippen LogP contribution in [0.2, 0.25) is 0 Å². The van der Waals surface area contributed by atoms with Gasteiger partial charge in [-0.05, 0) is 5.92 Å². The van der Waals surface area contributed by atoms with Gasteiger partial charge in [0.2, 0.25) is 0 Å². The average molecular weight is 244 g/mol. The molecule has 0 aliphatic carbocycles. The second-order valence-corrected chi connectivity index (χ2v) is 4.29. The number of morpholine rings is 1. The highest BCUT2D eigenvalue weighted by Crippen LogP contribution is 2.05. The summed E-state index contributed by atoms with van der Waals surface area (Å²) in [5.41, 5.74) is 0. The maximum Gasteiger partial charge on any atom is 0.328 e. The van der Waals surface area contributed by atoms with Gasteiger partial charge in [-0.15, -0.1) is 0 Å². The van der Waals surface area contributed by atoms with Crippen LogP contribution >= 0.6 is 0 Å². The SMILES string of the molecule is COC(=O)[C@H](NC(=O)N1CCOCC1)C(C)C. The zero-order valence-electron chi connectivity index (χ0n) is 10.6. The van der Waals surface area contributed by atoms with Crippen LogP contribution in [-0.4, -0.2) is 56.4 Å². The van der Waals surface area contributed by atoms with Gasteiger partial charge in [0.15, 0.2) is 0 Å². The van der Waals surface area contributed by atoms with Gasteiger partial charge >= 0.3 is 12.0 Å². The van der Waals surface area contributed by atoms with Crippen LogP contribution in [-0.2, 0) is 14.3 Å². The summed E-state index contributed by atoms with van der Waals surface area (Å²) in [7, 11) is 1.32. The molecule has 1 aliphatic rings. The van der Waals surface area contributed by atoms with Gasteiger partial charge in [0.25, 0.3) is 0 Å². The standard InChI is InChI=1S/C11H20N2O4/c1-8(2)9(10(14)16-3)12-11(15)13-4-6-17-7-5-13/h8-9H,4-7H2,1-3H3,(H,12,15)/t9-/m1/s1. The molecule has 0 bridgehead atoms. The van der Waals surface area contributed by atoms with Crippen molar-refractivity contribution in [2.45, 2.75) is 19.9 Å². The average Bonchev–Trinajstić information content (AvgIpc) is 2.35. The summed E-state index contributed by atoms with van der Waals surface area (Å²) < 4.78 is 9.82. The third-order valence-corrected chi connectivity index (χ3v) is 2.70. The van der Waals surface area contributed by atoms with Gasteiger partial charge in [-0.2, -0.15) is 0 Å². The summed E-state index contributed by atoms with van der Waals surface area (Å²) in [6.07, 6.45) is 0. The van der Waals surface area contributed by atoms with Gasteiger partial charge in [0.1, 0.15) is 6.04 Å². The first-order valence-electron chi connectivity index (χ1n) is 5.77. The van der Waals surface area contributed by atoms with E-state index in [2.05, 4.69) is 10.1 Å². The fourth-order valence-electron chi connectivity index (χ4n) is 1.62. The van der Waals surface area contributed by atoms with Gasteiger partial charge in [-0.3, -0.25) is 0 Å². The number of esters is 1. The molecular formula is C11H20N2O4. The third kappa shape index (κ3) is 3.89. The summed E-state index contributed by atoms with van der Waals surface area (Å²) in [5.74, 6) is -0.422. The number of hydrogen-bond acceptors (Lipinski definition) is 4. The van der Waals surface area contributed by atoms with E-state index in [0.717, 1.165) is 0 Å². The number of urea groups is 1. The molecule has 6 heteroatoms. The van der Waals surface area contributed by atoms with Gasteiger partial charge in [0, 0.05) is 13.1 Å². The topological polar surface area (TPSA) is 67.9 Å². The number of ether oxygens (including phenoxy) is 2. The second kappa shape index (κ2) is 6.44. The molecule has 1 rings (SSSR count). The number of carbonyl (C=O) groups is 2. The third-order valence-electron chi connectivity index (χ3n) is 2.70. The lowest BCUT2D eigenvalue weighted by Crippen LogP contribution is -2.53. The quantitative estimate of drug-likeness (QED) is 0.721. The number of nitrogens with zero attached hydrogens (tertiary/aromatic N) is 1. The maximum absolute atomic E-state index is 11.9. The smallest absolute Gasteiger partial charge is 0.328 e. The number of rotatable bonds is 3. The molecular weight excluding hydrogens is 224 g/mol. The van der Waals surface area contributed by atoms with Crippen LogP contribution in [0.1, 0.15) is 13.8 Å². The van der Waals surface area contributed by atoms with Crippen molar-refractivity contribution in [1.82, 2.24) is 10.2 Å². The number of nitrogens with one attached hydrogen (secondary N) is 1. The molecule has 0 aromatic heterocycles. The van der Waals surface area contributed by atoms with Crippen molar-refractivity contribution >= 4 is 12.0 Å². The van der Waals surface area contributed by atoms with Crippen molar-refractivity contribution in [2.24, 2.45) is 5.92 Å². The van der Waals surface area contributed by atoms with Crippen LogP contribution in [0.4, 0.5) is 4.79 Å². The molecule has 1 aliphatic heterocycles. The van der Waals surface area contributed by atoms with Crippen molar-refractivity contribution in [3.63, 3.8) is 0 Å². The minimum absolute atomic E-state index is 0.00700. The molecule has 2 amide bonds. The van der Waals surface area contributed by atoms with Crippen LogP contribution in [0.25, 0.3) is 0 Å². The van der Waals surface area contributed by atoms with Crippen LogP contribution in [0.5, 0.6) is 0 Å². The minimum atomic E-state index is -0.602. The number of methoxy groups -OCH3 is 1. The molecule has 6 nitrogen and oxygen atoms in total. The first kappa shape index (κ1) is 13.8. The molecule has 1 atom stereocenters. The number of amides is 2. The van der Waals surface area contributed by atoms with E-state index in [1.165, 1.54) is 7.11 Å². The van der Waals surface area contributed by atoms with Gasteiger partial charge in [-0.25, -0.2) is 9.59 Å². The molecule has 1 saturated heterocycles. The predicted octanol–water partition coefficient (Wildman–Crippen LogP) is 0.226. The van der Waals surface area contributed by atoms with E-state index in [1.807, 2.05) is 13.8 Å². The summed E-state index contributed by atoms with van der Waals surface area (Å²) in [5, 5.41) is 2.69. The van der Waals surface area contributed by atoms with Crippen molar-refractivity contribution in [1.29, 1.82) is 0 Å². The lowest BCUT2D eigenvalue weighted by atomic mass is 10.1. The lowest BCUT2D eigenvalue weighted by Gasteiger charge is -2.29. The highest BCUT2D eigenvalue weighted by molar-refractivity contribution is 5.83. The summed E-state index contributed by atoms with van der Waals surface area (Å²) >= 11 is 0. The first-order chi connectivity index (χ1) is 8.06. The second-order valence-electron chi connectivity index (χ2n) is 4.29. The Kier molecular flexibility index (Phi) is 5.21. The van der Waals surface area contributed by atoms with Crippen LogP contribution in [0.3, 0.4) is 0 Å². The van der Waals surface area contributed by atoms with E-state index in [4.69, 9.17) is 4.74 Å². The first-order valence-corrected chi connectivity index (χ1v) is 5.77. The largest absolute Gasteiger partial charge is 0.467 e. The Morgan fingerprint density at radius 3 is 2.35 bits per heavy atom. The fraction of sp³-hybridized carbons (Fsp3) is 0.818. The van der Waals surface area contributed by atoms with Crippen molar-refractivity contribution in [3.05, 3.63) is 0 Å². The molecule has 98 valence electrons. The summed E-state index contributed by atoms with van der Waals surface area (Å²) in [6, 6.07) is -0.840. The van der Waals surface area contributed by atoms with Crippen molar-refractivity contribution < 1.29 is 19.1 Å². The predicted molar refractivity (Wildman–Crippen MR) is 61.6 cm³/mol. The van der Waals surface area contributed by atoms with E-state index < -0.39 is 12.0 Å². The molecule has 1 heterocycles. The van der Waals surface area contributed by atoms with Crippen LogP contribution in [0, 0.1) is 5.92 Å². The van der Waals surface area contributed by atoms with E-state index in [9.17, 15) is 9.59 Å². The Morgan fingerprint density at radius 2 is 1.88 bits per heavy atom. The van der Waals surface area contributed by atoms with E-state index in [0.29, 0.717) is 26.3 Å². The Morgan fingerprint density at radius 1 is 1.29 bits per heavy atom. The Balaban J connectivity index is 2.54. The Hall–Kier alpha value is -1.30. The van der Waals surface area contributed by atoms with E-state index in [-0.39, 0.29) is 11.9 Å². The number of hydrogen-bond donors (Lipinski definition) is 1. The molecule has 0 aromatic carbocycles. The molecule has 0 unspecified atom stereocenters. The van der Waals surface area contributed by atoms with Gasteiger partial charge < -0.3 is 19.7 Å². The van der Waals surface area contributed by atoms with E-state index >= 15 is 0 Å². The van der Waals surface area contributed by atoms with Crippen molar-refractivity contribution in [3.8, 4) is 0 Å². The van der Waals surface area contributed by atoms with Gasteiger partial charge in [0.05, 0.1) is 20.3 Å². The summed E-state index contributed by atoms with van der Waals surface area (Å²) in [6.45, 7) is 5.91. The molecule has 17 heavy (non-hydrogen) atoms. The van der Waals surface area contributed by atoms with Crippen molar-refractivity contribution in [2.75, 3.05) is 33.4 Å². The Bertz CT molecular complexity index is 275. The van der Waals surface area contributed by atoms with Crippen LogP contribution in [0.15, 0.2) is 0 Å². The molecule has 0 saturated carbocycles. The highest BCUT2D eigenvalue weighted by Gasteiger charge is 2.27. The molecule has 1 N–H and O–H groups in total. The van der Waals surface area contributed by atoms with Gasteiger partial charge in [-0.1, -0.05) is 13.8 Å². The maximum atomic E-state index is 11.9. The molecule has 0 radical (unpaired) electrons. The minimum Gasteiger partial charge on any atom is -0.467 e. The zero-order chi connectivity index (χ0) is 12.8. The molecule has 0 aromatic rings. The normalized spacial score (nSPS) is 17.8. The fourth-order valence-corrected chi connectivity index (χ4v) is 1.62. The Labute approximate surface area is 101 Å². The number of carbonyl (C=O) groups excluding carboxylic acids is 2. The van der Waals surface area contributed by atoms with Crippen LogP contribution < -0.4 is 5.32 Å². The summed E-state index contributed by atoms with van der Waals surface area (Å²) in [4.78, 5) is 25.0. The zero-order valence-corrected chi connectivity index (χ0v) is 10.6. The molecule has 0 spiro atoms. The monoisotopic (exact) mass is 244 g/mol.